The lowest BCUT2D eigenvalue weighted by Crippen LogP contribution is -2.27. The number of sulfonamides is 1. The fourth-order valence-electron chi connectivity index (χ4n) is 1.58. The highest BCUT2D eigenvalue weighted by atomic mass is 32.2. The van der Waals surface area contributed by atoms with Gasteiger partial charge in [-0.3, -0.25) is 0 Å². The summed E-state index contributed by atoms with van der Waals surface area (Å²) in [5, 5.41) is 0. The highest BCUT2D eigenvalue weighted by Crippen LogP contribution is 2.20. The van der Waals surface area contributed by atoms with Crippen LogP contribution in [0.4, 0.5) is 8.78 Å². The van der Waals surface area contributed by atoms with Gasteiger partial charge in [-0.1, -0.05) is 0 Å². The summed E-state index contributed by atoms with van der Waals surface area (Å²) in [4.78, 5) is -0.731. The summed E-state index contributed by atoms with van der Waals surface area (Å²) in [6.07, 6.45) is 1.39. The Kier molecular flexibility index (Phi) is 3.68. The molecule has 0 amide bonds. The molecule has 0 aliphatic carbocycles. The third kappa shape index (κ3) is 2.99. The second-order valence-corrected chi connectivity index (χ2v) is 5.62. The number of benzene rings is 1. The van der Waals surface area contributed by atoms with Gasteiger partial charge in [0.1, 0.15) is 22.3 Å². The average Bonchev–Trinajstić information content (AvgIpc) is 2.85. The molecule has 2 aromatic rings. The highest BCUT2D eigenvalue weighted by molar-refractivity contribution is 7.89. The number of nitrogens with one attached hydrogen (secondary N) is 1. The van der Waals surface area contributed by atoms with Gasteiger partial charge in [-0.05, 0) is 37.3 Å². The van der Waals surface area contributed by atoms with Crippen LogP contribution in [0.2, 0.25) is 0 Å². The van der Waals surface area contributed by atoms with Crippen molar-refractivity contribution >= 4 is 10.0 Å². The Morgan fingerprint density at radius 3 is 2.63 bits per heavy atom. The molecule has 0 fully saturated rings. The topological polar surface area (TPSA) is 59.3 Å². The summed E-state index contributed by atoms with van der Waals surface area (Å²) in [6, 6.07) is 4.73. The molecule has 0 aliphatic heterocycles. The van der Waals surface area contributed by atoms with Gasteiger partial charge in [0.2, 0.25) is 10.0 Å². The maximum Gasteiger partial charge on any atom is 0.244 e. The predicted molar refractivity (Wildman–Crippen MR) is 63.8 cm³/mol. The zero-order valence-corrected chi connectivity index (χ0v) is 10.7. The molecule has 0 saturated carbocycles. The highest BCUT2D eigenvalue weighted by Gasteiger charge is 2.23. The van der Waals surface area contributed by atoms with E-state index in [0.717, 1.165) is 12.1 Å². The smallest absolute Gasteiger partial charge is 0.244 e. The number of hydrogen-bond donors (Lipinski definition) is 1. The van der Waals surface area contributed by atoms with Crippen molar-refractivity contribution in [1.29, 1.82) is 0 Å². The van der Waals surface area contributed by atoms with Crippen molar-refractivity contribution in [2.45, 2.75) is 17.9 Å². The van der Waals surface area contributed by atoms with Crippen LogP contribution in [-0.2, 0) is 10.0 Å². The van der Waals surface area contributed by atoms with E-state index in [9.17, 15) is 17.2 Å². The Bertz CT molecular complexity index is 668. The lowest BCUT2D eigenvalue weighted by atomic mass is 10.3. The molecular weight excluding hydrogens is 276 g/mol. The molecule has 0 aliphatic rings. The first-order valence-corrected chi connectivity index (χ1v) is 6.89. The zero-order valence-electron chi connectivity index (χ0n) is 9.93. The van der Waals surface area contributed by atoms with Crippen LogP contribution in [0, 0.1) is 11.6 Å². The number of hydrogen-bond acceptors (Lipinski definition) is 3. The molecule has 1 aromatic heterocycles. The van der Waals surface area contributed by atoms with Crippen molar-refractivity contribution in [3.05, 3.63) is 54.0 Å². The van der Waals surface area contributed by atoms with Gasteiger partial charge < -0.3 is 4.42 Å². The van der Waals surface area contributed by atoms with E-state index in [1.165, 1.54) is 13.2 Å². The molecule has 0 spiro atoms. The van der Waals surface area contributed by atoms with Gasteiger partial charge >= 0.3 is 0 Å². The van der Waals surface area contributed by atoms with E-state index in [-0.39, 0.29) is 0 Å². The van der Waals surface area contributed by atoms with Gasteiger partial charge in [-0.25, -0.2) is 21.9 Å². The van der Waals surface area contributed by atoms with Crippen LogP contribution in [0.1, 0.15) is 18.7 Å². The second kappa shape index (κ2) is 5.10. The third-order valence-electron chi connectivity index (χ3n) is 2.48. The molecule has 1 heterocycles. The van der Waals surface area contributed by atoms with Crippen molar-refractivity contribution in [2.75, 3.05) is 0 Å². The molecule has 1 atom stereocenters. The van der Waals surface area contributed by atoms with Crippen LogP contribution in [-0.4, -0.2) is 8.42 Å². The summed E-state index contributed by atoms with van der Waals surface area (Å²) in [5.41, 5.74) is 0. The van der Waals surface area contributed by atoms with Gasteiger partial charge in [-0.15, -0.1) is 0 Å². The lowest BCUT2D eigenvalue weighted by Gasteiger charge is -2.12. The van der Waals surface area contributed by atoms with Crippen molar-refractivity contribution in [2.24, 2.45) is 0 Å². The Labute approximate surface area is 109 Å². The third-order valence-corrected chi connectivity index (χ3v) is 4.04. The monoisotopic (exact) mass is 287 g/mol. The molecule has 0 saturated heterocycles. The first-order valence-electron chi connectivity index (χ1n) is 5.41. The number of furan rings is 1. The second-order valence-electron chi connectivity index (χ2n) is 3.93. The average molecular weight is 287 g/mol. The summed E-state index contributed by atoms with van der Waals surface area (Å²) in [6.45, 7) is 1.54. The van der Waals surface area contributed by atoms with E-state index >= 15 is 0 Å². The maximum absolute atomic E-state index is 13.4. The summed E-state index contributed by atoms with van der Waals surface area (Å²) in [5.74, 6) is -1.46. The standard InChI is InChI=1S/C12H11F2NO3S/c1-8(11-3-2-6-18-11)15-19(16,17)12-7-9(13)4-5-10(12)14/h2-8,15H,1H3/t8-/m0/s1. The largest absolute Gasteiger partial charge is 0.468 e. The van der Waals surface area contributed by atoms with E-state index < -0.39 is 32.6 Å². The minimum atomic E-state index is -4.16. The van der Waals surface area contributed by atoms with E-state index in [2.05, 4.69) is 4.72 Å². The molecule has 0 unspecified atom stereocenters. The van der Waals surface area contributed by atoms with Crippen LogP contribution >= 0.6 is 0 Å². The Balaban J connectivity index is 2.30. The van der Waals surface area contributed by atoms with Crippen LogP contribution < -0.4 is 4.72 Å². The molecule has 1 aromatic carbocycles. The van der Waals surface area contributed by atoms with E-state index in [4.69, 9.17) is 4.42 Å². The molecule has 1 N–H and O–H groups in total. The van der Waals surface area contributed by atoms with Gasteiger partial charge in [0.25, 0.3) is 0 Å². The summed E-state index contributed by atoms with van der Waals surface area (Å²) >= 11 is 0. The SMILES string of the molecule is C[C@H](NS(=O)(=O)c1cc(F)ccc1F)c1ccco1. The van der Waals surface area contributed by atoms with Crippen molar-refractivity contribution in [1.82, 2.24) is 4.72 Å². The first kappa shape index (κ1) is 13.7. The Hall–Kier alpha value is -1.73. The Morgan fingerprint density at radius 2 is 2.00 bits per heavy atom. The lowest BCUT2D eigenvalue weighted by molar-refractivity contribution is 0.457. The van der Waals surface area contributed by atoms with Gasteiger partial charge in [0.15, 0.2) is 0 Å². The van der Waals surface area contributed by atoms with Gasteiger partial charge in [0, 0.05) is 0 Å². The molecule has 4 nitrogen and oxygen atoms in total. The fourth-order valence-corrected chi connectivity index (χ4v) is 2.88. The van der Waals surface area contributed by atoms with Gasteiger partial charge in [-0.2, -0.15) is 0 Å². The van der Waals surface area contributed by atoms with Crippen molar-refractivity contribution in [3.8, 4) is 0 Å². The number of rotatable bonds is 4. The van der Waals surface area contributed by atoms with E-state index in [1.54, 1.807) is 12.1 Å². The molecule has 102 valence electrons. The molecular formula is C12H11F2NO3S. The minimum absolute atomic E-state index is 0.375. The first-order chi connectivity index (χ1) is 8.90. The zero-order chi connectivity index (χ0) is 14.0. The molecule has 7 heteroatoms. The molecule has 0 radical (unpaired) electrons. The fraction of sp³-hybridized carbons (Fsp3) is 0.167. The quantitative estimate of drug-likeness (QED) is 0.940. The van der Waals surface area contributed by atoms with Crippen molar-refractivity contribution in [3.63, 3.8) is 0 Å². The van der Waals surface area contributed by atoms with Crippen LogP contribution in [0.15, 0.2) is 45.9 Å². The van der Waals surface area contributed by atoms with E-state index in [0.29, 0.717) is 11.8 Å². The normalized spacial score (nSPS) is 13.4. The predicted octanol–water partition coefficient (Wildman–Crippen LogP) is 2.60. The summed E-state index contributed by atoms with van der Waals surface area (Å²) < 4.78 is 57.6. The number of halogens is 2. The van der Waals surface area contributed by atoms with E-state index in [1.807, 2.05) is 0 Å². The van der Waals surface area contributed by atoms with Crippen LogP contribution in [0.25, 0.3) is 0 Å². The summed E-state index contributed by atoms with van der Waals surface area (Å²) in [7, 11) is -4.16. The van der Waals surface area contributed by atoms with Crippen LogP contribution in [0.5, 0.6) is 0 Å². The molecule has 19 heavy (non-hydrogen) atoms. The minimum Gasteiger partial charge on any atom is -0.468 e. The van der Waals surface area contributed by atoms with Gasteiger partial charge in [0.05, 0.1) is 12.3 Å². The maximum atomic E-state index is 13.4. The Morgan fingerprint density at radius 1 is 1.26 bits per heavy atom. The molecule has 2 rings (SSSR count). The van der Waals surface area contributed by atoms with Crippen LogP contribution in [0.3, 0.4) is 0 Å². The van der Waals surface area contributed by atoms with Crippen molar-refractivity contribution < 1.29 is 21.6 Å². The molecule has 0 bridgehead atoms.